The van der Waals surface area contributed by atoms with Crippen molar-refractivity contribution in [3.05, 3.63) is 64.7 Å². The van der Waals surface area contributed by atoms with Gasteiger partial charge in [0.2, 0.25) is 0 Å². The first-order valence-corrected chi connectivity index (χ1v) is 8.52. The van der Waals surface area contributed by atoms with Crippen LogP contribution in [0.15, 0.2) is 42.7 Å². The van der Waals surface area contributed by atoms with E-state index in [4.69, 9.17) is 0 Å². The second-order valence-electron chi connectivity index (χ2n) is 5.54. The number of urea groups is 1. The molecule has 2 amide bonds. The number of rotatable bonds is 4. The number of hydrogen-bond donors (Lipinski definition) is 2. The van der Waals surface area contributed by atoms with Gasteiger partial charge in [0, 0.05) is 28.5 Å². The first-order valence-electron chi connectivity index (χ1n) is 7.70. The summed E-state index contributed by atoms with van der Waals surface area (Å²) in [6.07, 6.45) is 3.47. The summed E-state index contributed by atoms with van der Waals surface area (Å²) in [5.41, 5.74) is 2.76. The molecule has 3 rings (SSSR count). The minimum Gasteiger partial charge on any atom is -0.333 e. The summed E-state index contributed by atoms with van der Waals surface area (Å²) in [5.74, 6) is -0.350. The van der Waals surface area contributed by atoms with E-state index in [9.17, 15) is 9.18 Å². The van der Waals surface area contributed by atoms with E-state index in [0.717, 1.165) is 21.1 Å². The van der Waals surface area contributed by atoms with Crippen molar-refractivity contribution in [3.8, 4) is 10.6 Å². The molecule has 0 aliphatic carbocycles. The van der Waals surface area contributed by atoms with Gasteiger partial charge in [-0.3, -0.25) is 4.98 Å². The van der Waals surface area contributed by atoms with E-state index in [0.29, 0.717) is 17.8 Å². The number of pyridine rings is 1. The highest BCUT2D eigenvalue weighted by Gasteiger charge is 2.11. The van der Waals surface area contributed by atoms with Crippen LogP contribution in [0.5, 0.6) is 0 Å². The number of hydrogen-bond acceptors (Lipinski definition) is 4. The fourth-order valence-corrected chi connectivity index (χ4v) is 3.20. The second-order valence-corrected chi connectivity index (χ2v) is 6.62. The van der Waals surface area contributed by atoms with Gasteiger partial charge < -0.3 is 10.6 Å². The molecular weight excluding hydrogens is 339 g/mol. The summed E-state index contributed by atoms with van der Waals surface area (Å²) in [7, 11) is 0. The molecule has 3 aromatic rings. The molecule has 2 N–H and O–H groups in total. The van der Waals surface area contributed by atoms with Crippen LogP contribution in [0.1, 0.15) is 16.1 Å². The van der Waals surface area contributed by atoms with Crippen molar-refractivity contribution in [1.29, 1.82) is 0 Å². The average molecular weight is 356 g/mol. The third kappa shape index (κ3) is 4.19. The Balaban J connectivity index is 1.62. The molecule has 128 valence electrons. The third-order valence-electron chi connectivity index (χ3n) is 3.64. The molecule has 1 aromatic carbocycles. The smallest absolute Gasteiger partial charge is 0.319 e. The summed E-state index contributed by atoms with van der Waals surface area (Å²) in [6.45, 7) is 3.93. The summed E-state index contributed by atoms with van der Waals surface area (Å²) in [5, 5.41) is 6.26. The van der Waals surface area contributed by atoms with Gasteiger partial charge in [-0.05, 0) is 43.7 Å². The fraction of sp³-hybridized carbons (Fsp3) is 0.167. The number of nitrogens with zero attached hydrogens (tertiary/aromatic N) is 2. The molecule has 5 nitrogen and oxygen atoms in total. The molecule has 0 atom stereocenters. The lowest BCUT2D eigenvalue weighted by Gasteiger charge is -2.07. The van der Waals surface area contributed by atoms with Gasteiger partial charge in [0.15, 0.2) is 0 Å². The molecule has 2 aromatic heterocycles. The van der Waals surface area contributed by atoms with Crippen LogP contribution in [-0.4, -0.2) is 16.0 Å². The zero-order valence-corrected chi connectivity index (χ0v) is 14.7. The van der Waals surface area contributed by atoms with Crippen molar-refractivity contribution in [3.63, 3.8) is 0 Å². The maximum Gasteiger partial charge on any atom is 0.319 e. The molecule has 0 saturated heterocycles. The molecule has 0 unspecified atom stereocenters. The second kappa shape index (κ2) is 7.40. The number of anilines is 1. The highest BCUT2D eigenvalue weighted by Crippen LogP contribution is 2.27. The molecule has 7 heteroatoms. The van der Waals surface area contributed by atoms with Crippen LogP contribution < -0.4 is 10.6 Å². The van der Waals surface area contributed by atoms with E-state index in [-0.39, 0.29) is 11.8 Å². The molecule has 0 aliphatic heterocycles. The van der Waals surface area contributed by atoms with Crippen LogP contribution in [0.2, 0.25) is 0 Å². The molecule has 25 heavy (non-hydrogen) atoms. The van der Waals surface area contributed by atoms with E-state index in [1.165, 1.54) is 17.4 Å². The van der Waals surface area contributed by atoms with Crippen molar-refractivity contribution in [1.82, 2.24) is 15.3 Å². The van der Waals surface area contributed by atoms with Crippen molar-refractivity contribution < 1.29 is 9.18 Å². The summed E-state index contributed by atoms with van der Waals surface area (Å²) in [4.78, 5) is 21.6. The van der Waals surface area contributed by atoms with Gasteiger partial charge in [-0.25, -0.2) is 14.2 Å². The Bertz CT molecular complexity index is 895. The highest BCUT2D eigenvalue weighted by atomic mass is 32.1. The van der Waals surface area contributed by atoms with E-state index in [2.05, 4.69) is 20.6 Å². The van der Waals surface area contributed by atoms with E-state index in [1.807, 2.05) is 19.1 Å². The lowest BCUT2D eigenvalue weighted by atomic mass is 10.2. The predicted molar refractivity (Wildman–Crippen MR) is 97.1 cm³/mol. The summed E-state index contributed by atoms with van der Waals surface area (Å²) in [6, 6.07) is 8.00. The zero-order valence-electron chi connectivity index (χ0n) is 13.8. The number of carbonyl (C=O) groups excluding carboxylic acids is 1. The number of aryl methyl sites for hydroxylation is 2. The fourth-order valence-electron chi connectivity index (χ4n) is 2.21. The first kappa shape index (κ1) is 17.0. The van der Waals surface area contributed by atoms with Gasteiger partial charge in [0.05, 0.1) is 12.2 Å². The van der Waals surface area contributed by atoms with Gasteiger partial charge in [0.25, 0.3) is 0 Å². The quantitative estimate of drug-likeness (QED) is 0.733. The van der Waals surface area contributed by atoms with Crippen molar-refractivity contribution in [2.45, 2.75) is 20.4 Å². The molecule has 0 saturated carbocycles. The number of nitrogens with one attached hydrogen (secondary N) is 2. The lowest BCUT2D eigenvalue weighted by Crippen LogP contribution is -2.28. The van der Waals surface area contributed by atoms with Crippen LogP contribution >= 0.6 is 11.3 Å². The maximum atomic E-state index is 13.5. The Morgan fingerprint density at radius 2 is 2.12 bits per heavy atom. The van der Waals surface area contributed by atoms with E-state index >= 15 is 0 Å². The monoisotopic (exact) mass is 356 g/mol. The largest absolute Gasteiger partial charge is 0.333 e. The van der Waals surface area contributed by atoms with Crippen molar-refractivity contribution in [2.24, 2.45) is 0 Å². The Labute approximate surface area is 149 Å². The number of aromatic nitrogens is 2. The molecule has 0 bridgehead atoms. The minimum absolute atomic E-state index is 0.350. The van der Waals surface area contributed by atoms with E-state index < -0.39 is 0 Å². The van der Waals surface area contributed by atoms with Crippen molar-refractivity contribution in [2.75, 3.05) is 5.32 Å². The average Bonchev–Trinajstić information content (AvgIpc) is 2.98. The molecule has 0 fully saturated rings. The Kier molecular flexibility index (Phi) is 5.04. The van der Waals surface area contributed by atoms with Crippen LogP contribution in [0.3, 0.4) is 0 Å². The van der Waals surface area contributed by atoms with E-state index in [1.54, 1.807) is 31.5 Å². The summed E-state index contributed by atoms with van der Waals surface area (Å²) < 4.78 is 13.5. The van der Waals surface area contributed by atoms with Gasteiger partial charge in [-0.15, -0.1) is 11.3 Å². The Hall–Kier alpha value is -2.80. The summed E-state index contributed by atoms with van der Waals surface area (Å²) >= 11 is 1.51. The number of halogens is 1. The highest BCUT2D eigenvalue weighted by molar-refractivity contribution is 7.15. The molecule has 0 spiro atoms. The predicted octanol–water partition coefficient (Wildman–Crippen LogP) is 4.28. The lowest BCUT2D eigenvalue weighted by molar-refractivity contribution is 0.252. The number of benzene rings is 1. The van der Waals surface area contributed by atoms with Crippen LogP contribution in [-0.2, 0) is 6.54 Å². The van der Waals surface area contributed by atoms with Crippen LogP contribution in [0.4, 0.5) is 14.9 Å². The standard InChI is InChI=1S/C18H17FN4OS/c1-11-5-6-14(8-15(11)19)23-18(24)21-10-16-12(2)22-17(25-16)13-4-3-7-20-9-13/h3-9H,10H2,1-2H3,(H2,21,23,24). The topological polar surface area (TPSA) is 66.9 Å². The Morgan fingerprint density at radius 3 is 2.84 bits per heavy atom. The SMILES string of the molecule is Cc1ccc(NC(=O)NCc2sc(-c3cccnc3)nc2C)cc1F. The number of amides is 2. The first-order chi connectivity index (χ1) is 12.0. The third-order valence-corrected chi connectivity index (χ3v) is 4.85. The molecular formula is C18H17FN4OS. The van der Waals surface area contributed by atoms with Gasteiger partial charge in [-0.1, -0.05) is 6.07 Å². The molecule has 0 aliphatic rings. The maximum absolute atomic E-state index is 13.5. The van der Waals surface area contributed by atoms with Gasteiger partial charge >= 0.3 is 6.03 Å². The minimum atomic E-state index is -0.390. The van der Waals surface area contributed by atoms with Gasteiger partial charge in [-0.2, -0.15) is 0 Å². The number of thiazole rings is 1. The molecule has 0 radical (unpaired) electrons. The van der Waals surface area contributed by atoms with Gasteiger partial charge in [0.1, 0.15) is 10.8 Å². The zero-order chi connectivity index (χ0) is 17.8. The Morgan fingerprint density at radius 1 is 1.28 bits per heavy atom. The van der Waals surface area contributed by atoms with Crippen LogP contribution in [0, 0.1) is 19.7 Å². The van der Waals surface area contributed by atoms with Crippen molar-refractivity contribution >= 4 is 23.1 Å². The number of carbonyl (C=O) groups is 1. The van der Waals surface area contributed by atoms with Crippen LogP contribution in [0.25, 0.3) is 10.6 Å². The molecule has 2 heterocycles. The normalized spacial score (nSPS) is 10.5.